The zero-order valence-electron chi connectivity index (χ0n) is 22.1. The molecule has 5 rings (SSSR count). The average molecular weight is 525 g/mol. The minimum atomic E-state index is -0.609. The van der Waals surface area contributed by atoms with Crippen molar-refractivity contribution in [1.82, 2.24) is 0 Å². The highest BCUT2D eigenvalue weighted by Gasteiger charge is 2.35. The molecule has 2 aromatic heterocycles. The molecule has 2 heterocycles. The van der Waals surface area contributed by atoms with Crippen LogP contribution in [0.5, 0.6) is 11.5 Å². The number of carbonyl (C=O) groups is 2. The van der Waals surface area contributed by atoms with Crippen LogP contribution in [0.2, 0.25) is 0 Å². The molecule has 2 aromatic carbocycles. The number of hydrogen-bond donors (Lipinski definition) is 1. The van der Waals surface area contributed by atoms with E-state index in [1.165, 1.54) is 0 Å². The maximum Gasteiger partial charge on any atom is 0.335 e. The number of rotatable bonds is 7. The fraction of sp³-hybridized carbons (Fsp3) is 0.188. The topological polar surface area (TPSA) is 99.1 Å². The summed E-state index contributed by atoms with van der Waals surface area (Å²) in [5.41, 5.74) is 5.34. The Hall–Kier alpha value is -4.78. The Morgan fingerprint density at radius 2 is 1.82 bits per heavy atom. The molecule has 4 aromatic rings. The van der Waals surface area contributed by atoms with Crippen LogP contribution < -0.4 is 15.6 Å². The quantitative estimate of drug-likeness (QED) is 0.268. The smallest absolute Gasteiger partial charge is 0.335 e. The fourth-order valence-corrected chi connectivity index (χ4v) is 4.90. The highest BCUT2D eigenvalue weighted by molar-refractivity contribution is 5.95. The molecule has 0 amide bonds. The lowest BCUT2D eigenvalue weighted by atomic mass is 9.80. The second kappa shape index (κ2) is 10.5. The molecule has 0 aliphatic heterocycles. The minimum absolute atomic E-state index is 0.0894. The number of hydrogen-bond acceptors (Lipinski definition) is 7. The summed E-state index contributed by atoms with van der Waals surface area (Å²) in [5.74, 6) is 0.567. The average Bonchev–Trinajstić information content (AvgIpc) is 3.52. The summed E-state index contributed by atoms with van der Waals surface area (Å²) < 4.78 is 22.8. The summed E-state index contributed by atoms with van der Waals surface area (Å²) in [6, 6.07) is 16.3. The Bertz CT molecular complexity index is 1710. The number of ether oxygens (including phenoxy) is 2. The second-order valence-electron chi connectivity index (χ2n) is 9.30. The standard InChI is InChI=1S/C32H28O7/c1-5-37-32(35)28-19(3)14-26-30(29(28)21-8-10-22(36-4)11-9-21)31(34)27(39-26)16-23-12-13-25(38-23)24-15-20(17-33)7-6-18(24)2/h6-17,29,34H,5H2,1-4H3. The zero-order chi connectivity index (χ0) is 27.7. The lowest BCUT2D eigenvalue weighted by molar-refractivity contribution is -0.138. The number of aldehydes is 1. The number of esters is 1. The molecule has 1 N–H and O–H groups in total. The van der Waals surface area contributed by atoms with Gasteiger partial charge in [-0.25, -0.2) is 4.79 Å². The first-order chi connectivity index (χ1) is 18.8. The Kier molecular flexibility index (Phi) is 6.98. The van der Waals surface area contributed by atoms with Crippen LogP contribution in [0.15, 0.2) is 74.6 Å². The molecular weight excluding hydrogens is 496 g/mol. The van der Waals surface area contributed by atoms with Crippen LogP contribution in [-0.2, 0) is 9.53 Å². The van der Waals surface area contributed by atoms with Crippen molar-refractivity contribution >= 4 is 24.4 Å². The van der Waals surface area contributed by atoms with E-state index in [0.717, 1.165) is 23.0 Å². The van der Waals surface area contributed by atoms with Gasteiger partial charge in [0.05, 0.1) is 24.9 Å². The van der Waals surface area contributed by atoms with E-state index in [1.807, 2.05) is 44.2 Å². The third-order valence-corrected chi connectivity index (χ3v) is 6.83. The largest absolute Gasteiger partial charge is 0.504 e. The number of furan rings is 2. The Morgan fingerprint density at radius 1 is 1.05 bits per heavy atom. The van der Waals surface area contributed by atoms with Gasteiger partial charge in [-0.05, 0) is 73.9 Å². The van der Waals surface area contributed by atoms with Crippen molar-refractivity contribution in [3.63, 3.8) is 0 Å². The molecular formula is C32H28O7. The molecule has 1 atom stereocenters. The van der Waals surface area contributed by atoms with Crippen molar-refractivity contribution in [2.75, 3.05) is 13.7 Å². The van der Waals surface area contributed by atoms with E-state index in [4.69, 9.17) is 18.3 Å². The number of carbonyl (C=O) groups excluding carboxylic acids is 2. The summed E-state index contributed by atoms with van der Waals surface area (Å²) in [4.78, 5) is 24.3. The molecule has 0 spiro atoms. The molecule has 0 saturated carbocycles. The van der Waals surface area contributed by atoms with Crippen molar-refractivity contribution < 1.29 is 33.0 Å². The SMILES string of the molecule is CCOC(=O)C1=C(C)C=c2oc(=Cc3ccc(-c4cc(C=O)ccc4C)o3)c(O)c2C1c1ccc(OC)cc1. The van der Waals surface area contributed by atoms with Gasteiger partial charge in [0.15, 0.2) is 11.2 Å². The van der Waals surface area contributed by atoms with Gasteiger partial charge in [0.1, 0.15) is 29.0 Å². The van der Waals surface area contributed by atoms with Crippen LogP contribution in [0, 0.1) is 6.92 Å². The fourth-order valence-electron chi connectivity index (χ4n) is 4.90. The van der Waals surface area contributed by atoms with Crippen molar-refractivity contribution in [2.45, 2.75) is 26.7 Å². The van der Waals surface area contributed by atoms with E-state index in [0.29, 0.717) is 45.0 Å². The van der Waals surface area contributed by atoms with Crippen molar-refractivity contribution in [3.05, 3.63) is 105 Å². The van der Waals surface area contributed by atoms with E-state index in [1.54, 1.807) is 50.5 Å². The predicted octanol–water partition coefficient (Wildman–Crippen LogP) is 5.01. The van der Waals surface area contributed by atoms with Crippen LogP contribution in [0.1, 0.15) is 52.6 Å². The zero-order valence-corrected chi connectivity index (χ0v) is 22.1. The van der Waals surface area contributed by atoms with Crippen LogP contribution in [-0.4, -0.2) is 31.1 Å². The maximum atomic E-state index is 13.1. The van der Waals surface area contributed by atoms with Crippen LogP contribution in [0.25, 0.3) is 23.5 Å². The Balaban J connectivity index is 1.62. The van der Waals surface area contributed by atoms with Crippen molar-refractivity contribution in [3.8, 4) is 22.8 Å². The summed E-state index contributed by atoms with van der Waals surface area (Å²) in [6.45, 7) is 5.74. The molecule has 7 nitrogen and oxygen atoms in total. The molecule has 1 aliphatic rings. The van der Waals surface area contributed by atoms with Gasteiger partial charge >= 0.3 is 5.97 Å². The van der Waals surface area contributed by atoms with E-state index in [9.17, 15) is 14.7 Å². The molecule has 7 heteroatoms. The number of fused-ring (bicyclic) bond motifs is 1. The van der Waals surface area contributed by atoms with Gasteiger partial charge in [-0.15, -0.1) is 0 Å². The van der Waals surface area contributed by atoms with Gasteiger partial charge in [0.25, 0.3) is 0 Å². The van der Waals surface area contributed by atoms with Crippen LogP contribution >= 0.6 is 0 Å². The maximum absolute atomic E-state index is 13.1. The predicted molar refractivity (Wildman–Crippen MR) is 146 cm³/mol. The van der Waals surface area contributed by atoms with Gasteiger partial charge < -0.3 is 23.4 Å². The van der Waals surface area contributed by atoms with Crippen molar-refractivity contribution in [2.24, 2.45) is 0 Å². The molecule has 39 heavy (non-hydrogen) atoms. The first-order valence-corrected chi connectivity index (χ1v) is 12.6. The van der Waals surface area contributed by atoms with E-state index in [-0.39, 0.29) is 17.8 Å². The highest BCUT2D eigenvalue weighted by Crippen LogP contribution is 2.39. The second-order valence-corrected chi connectivity index (χ2v) is 9.30. The summed E-state index contributed by atoms with van der Waals surface area (Å²) in [5, 5.41) is 11.4. The van der Waals surface area contributed by atoms with E-state index >= 15 is 0 Å². The highest BCUT2D eigenvalue weighted by atomic mass is 16.5. The Morgan fingerprint density at radius 3 is 2.51 bits per heavy atom. The molecule has 1 unspecified atom stereocenters. The van der Waals surface area contributed by atoms with Gasteiger partial charge in [-0.1, -0.05) is 24.3 Å². The molecule has 0 saturated heterocycles. The summed E-state index contributed by atoms with van der Waals surface area (Å²) >= 11 is 0. The third-order valence-electron chi connectivity index (χ3n) is 6.83. The monoisotopic (exact) mass is 524 g/mol. The third kappa shape index (κ3) is 4.79. The molecule has 1 aliphatic carbocycles. The van der Waals surface area contributed by atoms with E-state index in [2.05, 4.69) is 0 Å². The van der Waals surface area contributed by atoms with Gasteiger partial charge in [0.2, 0.25) is 0 Å². The lowest BCUT2D eigenvalue weighted by Crippen LogP contribution is -2.24. The number of methoxy groups -OCH3 is 1. The number of aryl methyl sites for hydroxylation is 1. The van der Waals surface area contributed by atoms with Gasteiger partial charge in [-0.2, -0.15) is 0 Å². The first-order valence-electron chi connectivity index (χ1n) is 12.6. The number of allylic oxidation sites excluding steroid dienone is 1. The minimum Gasteiger partial charge on any atom is -0.504 e. The first kappa shape index (κ1) is 25.9. The molecule has 0 bridgehead atoms. The Labute approximate surface area is 225 Å². The van der Waals surface area contributed by atoms with Crippen LogP contribution in [0.3, 0.4) is 0 Å². The summed E-state index contributed by atoms with van der Waals surface area (Å²) in [6.07, 6.45) is 4.13. The molecule has 198 valence electrons. The number of benzene rings is 2. The van der Waals surface area contributed by atoms with E-state index < -0.39 is 11.9 Å². The molecule has 0 fully saturated rings. The summed E-state index contributed by atoms with van der Waals surface area (Å²) in [7, 11) is 1.58. The number of aromatic hydroxyl groups is 1. The normalized spacial score (nSPS) is 15.1. The molecule has 0 radical (unpaired) electrons. The van der Waals surface area contributed by atoms with Crippen LogP contribution in [0.4, 0.5) is 0 Å². The van der Waals surface area contributed by atoms with Gasteiger partial charge in [0, 0.05) is 23.1 Å². The van der Waals surface area contributed by atoms with Crippen molar-refractivity contribution in [1.29, 1.82) is 0 Å². The lowest BCUT2D eigenvalue weighted by Gasteiger charge is -2.23. The van der Waals surface area contributed by atoms with Gasteiger partial charge in [-0.3, -0.25) is 4.79 Å².